The zero-order chi connectivity index (χ0) is 6.41. The molecule has 0 aromatic rings. The second-order valence-electron chi connectivity index (χ2n) is 0.609. The minimum absolute atomic E-state index is 1.28. The first-order valence-electron chi connectivity index (χ1n) is 1.42. The minimum Gasteiger partial charge on any atom is -0.238 e. The van der Waals surface area contributed by atoms with Crippen LogP contribution in [-0.4, -0.2) is 6.16 Å². The van der Waals surface area contributed by atoms with Crippen LogP contribution in [0.2, 0.25) is 0 Å². The Hall–Kier alpha value is -0.890. The maximum atomic E-state index is 9.79. The smallest absolute Gasteiger partial charge is 0.238 e. The molecule has 0 amide bonds. The van der Waals surface area contributed by atoms with Crippen molar-refractivity contribution in [1.29, 1.82) is 0 Å². The van der Waals surface area contributed by atoms with Crippen molar-refractivity contribution in [3.8, 4) is 0 Å². The summed E-state index contributed by atoms with van der Waals surface area (Å²) in [6, 6.07) is 0. The van der Waals surface area contributed by atoms with E-state index >= 15 is 0 Å². The highest BCUT2D eigenvalue weighted by molar-refractivity contribution is 5.57. The zero-order valence-corrected chi connectivity index (χ0v) is 3.70. The molecular weight excluding hydrogens is 120 g/mol. The van der Waals surface area contributed by atoms with E-state index in [1.165, 1.54) is 0 Å². The Morgan fingerprint density at radius 3 is 1.75 bits per heavy atom. The third kappa shape index (κ3) is 3.31. The van der Waals surface area contributed by atoms with Crippen molar-refractivity contribution >= 4 is 6.16 Å². The number of rotatable bonds is 2. The highest BCUT2D eigenvalue weighted by Crippen LogP contribution is 1.79. The summed E-state index contributed by atoms with van der Waals surface area (Å²) in [5.41, 5.74) is 0. The Morgan fingerprint density at radius 1 is 1.12 bits per heavy atom. The molecule has 0 unspecified atom stereocenters. The Kier molecular flexibility index (Phi) is 3.80. The van der Waals surface area contributed by atoms with Crippen LogP contribution in [0.1, 0.15) is 0 Å². The average Bonchev–Trinajstić information content (AvgIpc) is 1.68. The molecule has 7 nitrogen and oxygen atoms in total. The molecule has 0 saturated carbocycles. The van der Waals surface area contributed by atoms with Gasteiger partial charge < -0.3 is 0 Å². The van der Waals surface area contributed by atoms with Gasteiger partial charge in [-0.2, -0.15) is 16.6 Å². The van der Waals surface area contributed by atoms with E-state index in [-0.39, 0.29) is 0 Å². The Morgan fingerprint density at radius 2 is 1.50 bits per heavy atom. The van der Waals surface area contributed by atoms with Crippen molar-refractivity contribution in [1.82, 2.24) is 0 Å². The molecule has 0 fully saturated rings. The summed E-state index contributed by atoms with van der Waals surface area (Å²) in [7, 11) is 0. The van der Waals surface area contributed by atoms with E-state index in [9.17, 15) is 4.79 Å². The van der Waals surface area contributed by atoms with E-state index in [1.54, 1.807) is 0 Å². The normalized spacial score (nSPS) is 8.25. The largest absolute Gasteiger partial charge is 0.575 e. The standard InChI is InChI=1S/CH4N2O5/c2-7-5-1(4)6-8-3/h2-3H2. The van der Waals surface area contributed by atoms with Crippen molar-refractivity contribution in [2.24, 2.45) is 11.8 Å². The third-order valence-electron chi connectivity index (χ3n) is 0.232. The van der Waals surface area contributed by atoms with Gasteiger partial charge in [-0.3, -0.25) is 0 Å². The quantitative estimate of drug-likeness (QED) is 0.350. The van der Waals surface area contributed by atoms with E-state index in [0.717, 1.165) is 0 Å². The summed E-state index contributed by atoms with van der Waals surface area (Å²) < 4.78 is 0. The first-order valence-corrected chi connectivity index (χ1v) is 1.42. The Bertz CT molecular complexity index is 64.8. The first-order chi connectivity index (χ1) is 3.81. The number of carbonyl (C=O) groups excluding carboxylic acids is 1. The average molecular weight is 124 g/mol. The van der Waals surface area contributed by atoms with Gasteiger partial charge in [0, 0.05) is 0 Å². The van der Waals surface area contributed by atoms with Crippen LogP contribution in [0.3, 0.4) is 0 Å². The van der Waals surface area contributed by atoms with E-state index < -0.39 is 6.16 Å². The lowest BCUT2D eigenvalue weighted by molar-refractivity contribution is -0.324. The predicted octanol–water partition coefficient (Wildman–Crippen LogP) is -1.25. The van der Waals surface area contributed by atoms with Gasteiger partial charge >= 0.3 is 6.16 Å². The fraction of sp³-hybridized carbons (Fsp3) is 0. The molecule has 48 valence electrons. The van der Waals surface area contributed by atoms with Crippen molar-refractivity contribution in [2.75, 3.05) is 0 Å². The molecule has 0 bridgehead atoms. The number of carbonyl (C=O) groups is 1. The second-order valence-corrected chi connectivity index (χ2v) is 0.609. The van der Waals surface area contributed by atoms with Gasteiger partial charge in [0.15, 0.2) is 0 Å². The fourth-order valence-electron chi connectivity index (χ4n) is 0.0925. The molecule has 0 saturated heterocycles. The summed E-state index contributed by atoms with van der Waals surface area (Å²) in [4.78, 5) is 23.5. The molecule has 0 spiro atoms. The molecule has 0 heterocycles. The molecule has 0 atom stereocenters. The lowest BCUT2D eigenvalue weighted by Gasteiger charge is -1.93. The molecule has 0 rings (SSSR count). The van der Waals surface area contributed by atoms with Crippen LogP contribution in [0.15, 0.2) is 0 Å². The van der Waals surface area contributed by atoms with E-state index in [1.807, 2.05) is 0 Å². The molecule has 8 heavy (non-hydrogen) atoms. The molecule has 0 aliphatic carbocycles. The predicted molar refractivity (Wildman–Crippen MR) is 18.1 cm³/mol. The van der Waals surface area contributed by atoms with Gasteiger partial charge in [0.2, 0.25) is 0 Å². The van der Waals surface area contributed by atoms with Crippen molar-refractivity contribution in [3.63, 3.8) is 0 Å². The van der Waals surface area contributed by atoms with Crippen LogP contribution >= 0.6 is 0 Å². The highest BCUT2D eigenvalue weighted by atomic mass is 17.4. The van der Waals surface area contributed by atoms with Crippen LogP contribution in [-0.2, 0) is 19.8 Å². The highest BCUT2D eigenvalue weighted by Gasteiger charge is 2.02. The van der Waals surface area contributed by atoms with E-state index in [4.69, 9.17) is 0 Å². The molecule has 7 heteroatoms. The monoisotopic (exact) mass is 124 g/mol. The maximum absolute atomic E-state index is 9.79. The fourth-order valence-corrected chi connectivity index (χ4v) is 0.0925. The van der Waals surface area contributed by atoms with Gasteiger partial charge in [0.25, 0.3) is 0 Å². The molecule has 0 aromatic heterocycles. The number of hydrogen-bond donors (Lipinski definition) is 2. The summed E-state index contributed by atoms with van der Waals surface area (Å²) in [6.45, 7) is 0. The van der Waals surface area contributed by atoms with E-state index in [0.29, 0.717) is 0 Å². The molecule has 0 aliphatic heterocycles. The zero-order valence-electron chi connectivity index (χ0n) is 3.70. The van der Waals surface area contributed by atoms with Crippen molar-refractivity contribution < 1.29 is 24.5 Å². The van der Waals surface area contributed by atoms with Crippen molar-refractivity contribution in [3.05, 3.63) is 0 Å². The van der Waals surface area contributed by atoms with Crippen LogP contribution in [0, 0.1) is 0 Å². The molecule has 0 aliphatic rings. The van der Waals surface area contributed by atoms with Gasteiger partial charge in [-0.15, -0.1) is 0 Å². The van der Waals surface area contributed by atoms with Gasteiger partial charge in [-0.1, -0.05) is 9.98 Å². The van der Waals surface area contributed by atoms with Crippen molar-refractivity contribution in [2.45, 2.75) is 0 Å². The van der Waals surface area contributed by atoms with Gasteiger partial charge in [-0.25, -0.2) is 9.78 Å². The topological polar surface area (TPSA) is 106 Å². The SMILES string of the molecule is NOOC(=O)OON. The summed E-state index contributed by atoms with van der Waals surface area (Å²) in [5, 5.41) is 0. The van der Waals surface area contributed by atoms with Crippen LogP contribution in [0.25, 0.3) is 0 Å². The lowest BCUT2D eigenvalue weighted by atomic mass is 11.4. The molecular formula is CH4N2O5. The Labute approximate surface area is 43.8 Å². The van der Waals surface area contributed by atoms with Gasteiger partial charge in [0.05, 0.1) is 0 Å². The molecule has 0 radical (unpaired) electrons. The maximum Gasteiger partial charge on any atom is 0.575 e. The summed E-state index contributed by atoms with van der Waals surface area (Å²) >= 11 is 0. The minimum atomic E-state index is -1.28. The third-order valence-corrected chi connectivity index (χ3v) is 0.232. The Balaban J connectivity index is 3.06. The lowest BCUT2D eigenvalue weighted by Crippen LogP contribution is -2.13. The number of nitrogens with two attached hydrogens (primary N) is 2. The van der Waals surface area contributed by atoms with Crippen LogP contribution < -0.4 is 11.8 Å². The summed E-state index contributed by atoms with van der Waals surface area (Å²) in [6.07, 6.45) is -1.28. The van der Waals surface area contributed by atoms with Gasteiger partial charge in [-0.05, 0) is 0 Å². The van der Waals surface area contributed by atoms with Crippen LogP contribution in [0.5, 0.6) is 0 Å². The van der Waals surface area contributed by atoms with Crippen LogP contribution in [0.4, 0.5) is 4.79 Å². The molecule has 4 N–H and O–H groups in total. The first kappa shape index (κ1) is 7.11. The van der Waals surface area contributed by atoms with E-state index in [2.05, 4.69) is 31.5 Å². The summed E-state index contributed by atoms with van der Waals surface area (Å²) in [5.74, 6) is 8.48. The second kappa shape index (κ2) is 4.27. The molecule has 0 aromatic carbocycles. The van der Waals surface area contributed by atoms with Gasteiger partial charge in [0.1, 0.15) is 0 Å². The number of hydrogen-bond acceptors (Lipinski definition) is 7.